The summed E-state index contributed by atoms with van der Waals surface area (Å²) in [5.74, 6) is 0.156. The maximum atomic E-state index is 11.7. The third-order valence-electron chi connectivity index (χ3n) is 3.20. The molecule has 1 amide bonds. The molecule has 8 heteroatoms. The van der Waals surface area contributed by atoms with Crippen molar-refractivity contribution in [1.29, 1.82) is 0 Å². The fourth-order valence-corrected chi connectivity index (χ4v) is 2.40. The van der Waals surface area contributed by atoms with Crippen molar-refractivity contribution in [2.24, 2.45) is 5.73 Å². The molecule has 0 aliphatic rings. The van der Waals surface area contributed by atoms with Crippen molar-refractivity contribution in [3.05, 3.63) is 58.5 Å². The van der Waals surface area contributed by atoms with E-state index in [2.05, 4.69) is 36.5 Å². The lowest BCUT2D eigenvalue weighted by Gasteiger charge is -2.15. The van der Waals surface area contributed by atoms with Crippen LogP contribution in [0.3, 0.4) is 0 Å². The van der Waals surface area contributed by atoms with Crippen LogP contribution in [0.15, 0.2) is 47.1 Å². The highest BCUT2D eigenvalue weighted by atomic mass is 79.9. The van der Waals surface area contributed by atoms with Crippen molar-refractivity contribution in [3.8, 4) is 0 Å². The fraction of sp³-hybridized carbons (Fsp3) is 0.143. The summed E-state index contributed by atoms with van der Waals surface area (Å²) in [5, 5.41) is 15.4. The van der Waals surface area contributed by atoms with Crippen LogP contribution in [0.2, 0.25) is 0 Å². The number of carbonyl (C=O) groups excluding carboxylic acids is 1. The van der Waals surface area contributed by atoms with Crippen molar-refractivity contribution in [2.45, 2.75) is 12.6 Å². The minimum atomic E-state index is -0.607. The van der Waals surface area contributed by atoms with Crippen LogP contribution in [0.5, 0.6) is 0 Å². The minimum Gasteiger partial charge on any atom is -0.368 e. The lowest BCUT2D eigenvalue weighted by molar-refractivity contribution is -0.120. The molecule has 0 radical (unpaired) electrons. The van der Waals surface area contributed by atoms with Gasteiger partial charge in [-0.1, -0.05) is 28.1 Å². The Morgan fingerprint density at radius 3 is 2.77 bits per heavy atom. The summed E-state index contributed by atoms with van der Waals surface area (Å²) >= 11 is 3.36. The van der Waals surface area contributed by atoms with Crippen LogP contribution in [0, 0.1) is 0 Å². The summed E-state index contributed by atoms with van der Waals surface area (Å²) in [4.78, 5) is 11.7. The van der Waals surface area contributed by atoms with Crippen molar-refractivity contribution >= 4 is 27.5 Å². The molecular formula is C14H13BrN6O. The number of nitrogens with one attached hydrogen (secondary N) is 1. The van der Waals surface area contributed by atoms with E-state index in [0.717, 1.165) is 10.0 Å². The number of hydrogen-bond acceptors (Lipinski definition) is 5. The smallest absolute Gasteiger partial charge is 0.239 e. The molecule has 3 rings (SSSR count). The van der Waals surface area contributed by atoms with Gasteiger partial charge < -0.3 is 5.73 Å². The SMILES string of the molecule is NC(=O)C(NCc1nnc2cccnn12)c1ccc(Br)cc1. The Labute approximate surface area is 134 Å². The first-order valence-corrected chi connectivity index (χ1v) is 7.38. The van der Waals surface area contributed by atoms with Gasteiger partial charge in [0.05, 0.1) is 6.54 Å². The molecule has 112 valence electrons. The number of aromatic nitrogens is 4. The summed E-state index contributed by atoms with van der Waals surface area (Å²) in [5.41, 5.74) is 6.93. The number of nitrogens with two attached hydrogens (primary N) is 1. The molecule has 7 nitrogen and oxygen atoms in total. The number of carbonyl (C=O) groups is 1. The van der Waals surface area contributed by atoms with Crippen LogP contribution >= 0.6 is 15.9 Å². The molecule has 0 saturated carbocycles. The maximum Gasteiger partial charge on any atom is 0.239 e. The molecule has 3 N–H and O–H groups in total. The van der Waals surface area contributed by atoms with Crippen LogP contribution in [0.25, 0.3) is 5.65 Å². The van der Waals surface area contributed by atoms with Gasteiger partial charge in [0.2, 0.25) is 5.91 Å². The molecule has 0 bridgehead atoms. The Morgan fingerprint density at radius 1 is 1.27 bits per heavy atom. The monoisotopic (exact) mass is 360 g/mol. The molecule has 0 aliphatic carbocycles. The van der Waals surface area contributed by atoms with E-state index in [1.807, 2.05) is 30.3 Å². The first-order chi connectivity index (χ1) is 10.6. The zero-order chi connectivity index (χ0) is 15.5. The van der Waals surface area contributed by atoms with Gasteiger partial charge in [0.1, 0.15) is 6.04 Å². The van der Waals surface area contributed by atoms with Gasteiger partial charge >= 0.3 is 0 Å². The molecule has 0 fully saturated rings. The summed E-state index contributed by atoms with van der Waals surface area (Å²) < 4.78 is 2.55. The van der Waals surface area contributed by atoms with Crippen LogP contribution in [0.1, 0.15) is 17.4 Å². The zero-order valence-corrected chi connectivity index (χ0v) is 13.1. The predicted octanol–water partition coefficient (Wildman–Crippen LogP) is 1.20. The average molecular weight is 361 g/mol. The molecule has 0 saturated heterocycles. The van der Waals surface area contributed by atoms with E-state index >= 15 is 0 Å². The third-order valence-corrected chi connectivity index (χ3v) is 3.72. The van der Waals surface area contributed by atoms with Gasteiger partial charge in [0.15, 0.2) is 11.5 Å². The van der Waals surface area contributed by atoms with Gasteiger partial charge in [-0.3, -0.25) is 10.1 Å². The summed E-state index contributed by atoms with van der Waals surface area (Å²) in [6, 6.07) is 10.4. The third kappa shape index (κ3) is 2.97. The van der Waals surface area contributed by atoms with Gasteiger partial charge in [0, 0.05) is 10.7 Å². The molecule has 1 atom stereocenters. The fourth-order valence-electron chi connectivity index (χ4n) is 2.13. The molecular weight excluding hydrogens is 348 g/mol. The van der Waals surface area contributed by atoms with Crippen LogP contribution in [-0.2, 0) is 11.3 Å². The second kappa shape index (κ2) is 6.20. The largest absolute Gasteiger partial charge is 0.368 e. The number of amides is 1. The van der Waals surface area contributed by atoms with Crippen LogP contribution in [-0.4, -0.2) is 25.7 Å². The average Bonchev–Trinajstić information content (AvgIpc) is 2.92. The topological polar surface area (TPSA) is 98.2 Å². The van der Waals surface area contributed by atoms with Crippen LogP contribution in [0.4, 0.5) is 0 Å². The summed E-state index contributed by atoms with van der Waals surface area (Å²) in [6.45, 7) is 0.321. The Morgan fingerprint density at radius 2 is 2.05 bits per heavy atom. The predicted molar refractivity (Wildman–Crippen MR) is 83.7 cm³/mol. The minimum absolute atomic E-state index is 0.321. The highest BCUT2D eigenvalue weighted by Gasteiger charge is 2.18. The Bertz CT molecular complexity index is 800. The molecule has 2 aromatic heterocycles. The second-order valence-corrected chi connectivity index (χ2v) is 5.59. The first-order valence-electron chi connectivity index (χ1n) is 6.58. The van der Waals surface area contributed by atoms with E-state index in [9.17, 15) is 4.79 Å². The standard InChI is InChI=1S/C14H13BrN6O/c15-10-5-3-9(4-6-10)13(14(16)22)17-8-12-20-19-11-2-1-7-18-21(11)12/h1-7,13,17H,8H2,(H2,16,22). The molecule has 0 aliphatic heterocycles. The quantitative estimate of drug-likeness (QED) is 0.712. The first kappa shape index (κ1) is 14.6. The number of hydrogen-bond donors (Lipinski definition) is 2. The summed E-state index contributed by atoms with van der Waals surface area (Å²) in [7, 11) is 0. The Hall–Kier alpha value is -2.32. The summed E-state index contributed by atoms with van der Waals surface area (Å²) in [6.07, 6.45) is 1.65. The van der Waals surface area contributed by atoms with Crippen LogP contribution < -0.4 is 11.1 Å². The zero-order valence-electron chi connectivity index (χ0n) is 11.5. The van der Waals surface area contributed by atoms with Gasteiger partial charge in [-0.25, -0.2) is 0 Å². The Balaban J connectivity index is 1.80. The second-order valence-electron chi connectivity index (χ2n) is 4.68. The number of halogens is 1. The lowest BCUT2D eigenvalue weighted by Crippen LogP contribution is -2.33. The van der Waals surface area contributed by atoms with E-state index in [0.29, 0.717) is 18.0 Å². The molecule has 1 aromatic carbocycles. The van der Waals surface area contributed by atoms with Crippen molar-refractivity contribution in [2.75, 3.05) is 0 Å². The lowest BCUT2D eigenvalue weighted by atomic mass is 10.1. The molecule has 0 spiro atoms. The molecule has 3 aromatic rings. The van der Waals surface area contributed by atoms with E-state index in [-0.39, 0.29) is 0 Å². The van der Waals surface area contributed by atoms with Gasteiger partial charge in [-0.05, 0) is 29.8 Å². The number of fused-ring (bicyclic) bond motifs is 1. The Kier molecular flexibility index (Phi) is 4.12. The van der Waals surface area contributed by atoms with Gasteiger partial charge in [-0.15, -0.1) is 10.2 Å². The highest BCUT2D eigenvalue weighted by Crippen LogP contribution is 2.17. The maximum absolute atomic E-state index is 11.7. The van der Waals surface area contributed by atoms with Crippen molar-refractivity contribution < 1.29 is 4.79 Å². The number of rotatable bonds is 5. The van der Waals surface area contributed by atoms with Gasteiger partial charge in [0.25, 0.3) is 0 Å². The van der Waals surface area contributed by atoms with E-state index < -0.39 is 11.9 Å². The molecule has 1 unspecified atom stereocenters. The van der Waals surface area contributed by atoms with E-state index in [4.69, 9.17) is 5.73 Å². The number of primary amides is 1. The van der Waals surface area contributed by atoms with E-state index in [1.165, 1.54) is 0 Å². The highest BCUT2D eigenvalue weighted by molar-refractivity contribution is 9.10. The van der Waals surface area contributed by atoms with E-state index in [1.54, 1.807) is 16.8 Å². The van der Waals surface area contributed by atoms with Crippen molar-refractivity contribution in [1.82, 2.24) is 25.1 Å². The molecule has 22 heavy (non-hydrogen) atoms. The number of benzene rings is 1. The normalized spacial score (nSPS) is 12.4. The molecule has 2 heterocycles. The van der Waals surface area contributed by atoms with Gasteiger partial charge in [-0.2, -0.15) is 9.61 Å². The number of nitrogens with zero attached hydrogens (tertiary/aromatic N) is 4. The van der Waals surface area contributed by atoms with Crippen molar-refractivity contribution in [3.63, 3.8) is 0 Å².